The number of phenolic OH excluding ortho intramolecular Hbond substituents is 1. The van der Waals surface area contributed by atoms with E-state index in [-0.39, 0.29) is 11.9 Å². The van der Waals surface area contributed by atoms with Crippen molar-refractivity contribution in [3.63, 3.8) is 0 Å². The molecule has 1 aromatic carbocycles. The van der Waals surface area contributed by atoms with Gasteiger partial charge in [0.05, 0.1) is 12.5 Å². The van der Waals surface area contributed by atoms with Gasteiger partial charge in [-0.05, 0) is 36.6 Å². The van der Waals surface area contributed by atoms with Crippen molar-refractivity contribution in [1.82, 2.24) is 14.7 Å². The minimum atomic E-state index is 0.271. The van der Waals surface area contributed by atoms with Crippen molar-refractivity contribution in [3.05, 3.63) is 49.1 Å². The number of imidazole rings is 1. The lowest BCUT2D eigenvalue weighted by atomic mass is 9.62. The number of phenols is 1. The molecule has 2 aromatic heterocycles. The average Bonchev–Trinajstić information content (AvgIpc) is 2.99. The van der Waals surface area contributed by atoms with Crippen molar-refractivity contribution in [2.45, 2.75) is 18.9 Å². The summed E-state index contributed by atoms with van der Waals surface area (Å²) in [6, 6.07) is 9.32. The van der Waals surface area contributed by atoms with Crippen LogP contribution in [0, 0.1) is 5.41 Å². The first-order valence-electron chi connectivity index (χ1n) is 8.36. The van der Waals surface area contributed by atoms with Crippen LogP contribution in [0.15, 0.2) is 49.1 Å². The van der Waals surface area contributed by atoms with E-state index in [0.29, 0.717) is 5.41 Å². The summed E-state index contributed by atoms with van der Waals surface area (Å²) in [5, 5.41) is 12.9. The fourth-order valence-electron chi connectivity index (χ4n) is 3.76. The number of aromatic hydroxyl groups is 1. The average molecular weight is 321 g/mol. The van der Waals surface area contributed by atoms with Gasteiger partial charge in [0.1, 0.15) is 23.1 Å². The van der Waals surface area contributed by atoms with E-state index in [4.69, 9.17) is 4.74 Å². The molecule has 2 N–H and O–H groups in total. The Labute approximate surface area is 139 Å². The fourth-order valence-corrected chi connectivity index (χ4v) is 3.76. The van der Waals surface area contributed by atoms with Crippen LogP contribution in [0.2, 0.25) is 0 Å². The van der Waals surface area contributed by atoms with Crippen LogP contribution in [0.5, 0.6) is 11.5 Å². The monoisotopic (exact) mass is 321 g/mol. The number of ether oxygens (including phenoxy) is 1. The van der Waals surface area contributed by atoms with Crippen LogP contribution in [-0.4, -0.2) is 33.7 Å². The Morgan fingerprint density at radius 1 is 1.21 bits per heavy atom. The normalized spacial score (nSPS) is 21.4. The van der Waals surface area contributed by atoms with Crippen LogP contribution in [0.1, 0.15) is 12.8 Å². The van der Waals surface area contributed by atoms with Crippen molar-refractivity contribution in [3.8, 4) is 22.6 Å². The van der Waals surface area contributed by atoms with Gasteiger partial charge in [0.25, 0.3) is 0 Å². The maximum absolute atomic E-state index is 9.50. The van der Waals surface area contributed by atoms with E-state index in [1.165, 1.54) is 6.42 Å². The molecule has 1 atom stereocenters. The van der Waals surface area contributed by atoms with E-state index in [2.05, 4.69) is 16.4 Å². The number of fused-ring (bicyclic) bond motifs is 1. The summed E-state index contributed by atoms with van der Waals surface area (Å²) < 4.78 is 8.42. The fraction of sp³-hybridized carbons (Fsp3) is 0.316. The number of pyridine rings is 1. The predicted molar refractivity (Wildman–Crippen MR) is 91.2 cm³/mol. The number of nitrogens with zero attached hydrogens (tertiary/aromatic N) is 2. The van der Waals surface area contributed by atoms with Crippen LogP contribution in [-0.2, 0) is 0 Å². The maximum atomic E-state index is 9.50. The van der Waals surface area contributed by atoms with E-state index in [1.807, 2.05) is 28.9 Å². The molecule has 122 valence electrons. The van der Waals surface area contributed by atoms with Gasteiger partial charge in [-0.25, -0.2) is 4.98 Å². The highest BCUT2D eigenvalue weighted by molar-refractivity contribution is 5.71. The Morgan fingerprint density at radius 3 is 2.71 bits per heavy atom. The molecule has 5 rings (SSSR count). The molecule has 5 heteroatoms. The molecular weight excluding hydrogens is 302 g/mol. The zero-order chi connectivity index (χ0) is 16.1. The molecule has 1 spiro atoms. The van der Waals surface area contributed by atoms with Gasteiger partial charge >= 0.3 is 0 Å². The third-order valence-electron chi connectivity index (χ3n) is 5.49. The van der Waals surface area contributed by atoms with Gasteiger partial charge in [0, 0.05) is 30.3 Å². The molecule has 2 fully saturated rings. The van der Waals surface area contributed by atoms with Crippen molar-refractivity contribution < 1.29 is 9.84 Å². The number of hydrogen-bond acceptors (Lipinski definition) is 4. The first kappa shape index (κ1) is 13.9. The van der Waals surface area contributed by atoms with Crippen LogP contribution in [0.3, 0.4) is 0 Å². The Kier molecular flexibility index (Phi) is 2.88. The van der Waals surface area contributed by atoms with E-state index >= 15 is 0 Å². The van der Waals surface area contributed by atoms with Gasteiger partial charge in [0.2, 0.25) is 0 Å². The van der Waals surface area contributed by atoms with Gasteiger partial charge in [-0.1, -0.05) is 12.1 Å². The predicted octanol–water partition coefficient (Wildman–Crippen LogP) is 2.84. The molecule has 1 saturated heterocycles. The molecule has 0 bridgehead atoms. The second kappa shape index (κ2) is 4.98. The lowest BCUT2D eigenvalue weighted by molar-refractivity contribution is -0.0802. The summed E-state index contributed by atoms with van der Waals surface area (Å²) in [6.45, 7) is 2.12. The topological polar surface area (TPSA) is 58.8 Å². The Hall–Kier alpha value is -2.53. The van der Waals surface area contributed by atoms with Crippen molar-refractivity contribution in [2.24, 2.45) is 5.41 Å². The van der Waals surface area contributed by atoms with Gasteiger partial charge in [-0.15, -0.1) is 0 Å². The summed E-state index contributed by atoms with van der Waals surface area (Å²) in [4.78, 5) is 4.26. The maximum Gasteiger partial charge on any atom is 0.146 e. The molecule has 5 nitrogen and oxygen atoms in total. The number of benzene rings is 1. The molecule has 2 aliphatic rings. The summed E-state index contributed by atoms with van der Waals surface area (Å²) in [7, 11) is 0. The van der Waals surface area contributed by atoms with Gasteiger partial charge < -0.3 is 19.6 Å². The molecule has 0 amide bonds. The van der Waals surface area contributed by atoms with Crippen LogP contribution in [0.25, 0.3) is 16.6 Å². The first-order chi connectivity index (χ1) is 11.7. The summed E-state index contributed by atoms with van der Waals surface area (Å²) in [5.41, 5.74) is 3.43. The standard InChI is InChI=1S/C19H19N3O2/c23-15-3-1-13(2-4-15)14-7-17(16-8-20-12-22(16)9-14)24-18-5-6-19(18)10-21-11-19/h1-4,7-9,12,18,21,23H,5-6,10-11H2. The number of rotatable bonds is 3. The number of aromatic nitrogens is 2. The van der Waals surface area contributed by atoms with Crippen LogP contribution in [0.4, 0.5) is 0 Å². The molecule has 1 aliphatic heterocycles. The van der Waals surface area contributed by atoms with Crippen molar-refractivity contribution in [2.75, 3.05) is 13.1 Å². The highest BCUT2D eigenvalue weighted by Gasteiger charge is 2.52. The van der Waals surface area contributed by atoms with E-state index in [0.717, 1.165) is 41.9 Å². The SMILES string of the molecule is Oc1ccc(-c2cc(OC3CCC34CNC4)c3cncn3c2)cc1. The zero-order valence-corrected chi connectivity index (χ0v) is 13.3. The third kappa shape index (κ3) is 2.01. The van der Waals surface area contributed by atoms with Crippen molar-refractivity contribution in [1.29, 1.82) is 0 Å². The molecule has 3 heterocycles. The summed E-state index contributed by atoms with van der Waals surface area (Å²) in [6.07, 6.45) is 8.34. The molecule has 1 saturated carbocycles. The Bertz CT molecular complexity index is 891. The summed E-state index contributed by atoms with van der Waals surface area (Å²) in [5.74, 6) is 1.15. The molecule has 0 radical (unpaired) electrons. The molecule has 3 aromatic rings. The second-order valence-electron chi connectivity index (χ2n) is 6.94. The van der Waals surface area contributed by atoms with Crippen molar-refractivity contribution >= 4 is 5.52 Å². The van der Waals surface area contributed by atoms with Gasteiger partial charge in [0.15, 0.2) is 0 Å². The van der Waals surface area contributed by atoms with Gasteiger partial charge in [-0.2, -0.15) is 0 Å². The number of hydrogen-bond donors (Lipinski definition) is 2. The Morgan fingerprint density at radius 2 is 2.04 bits per heavy atom. The number of nitrogens with one attached hydrogen (secondary N) is 1. The lowest BCUT2D eigenvalue weighted by Crippen LogP contribution is -2.66. The Balaban J connectivity index is 1.54. The highest BCUT2D eigenvalue weighted by Crippen LogP contribution is 2.47. The quantitative estimate of drug-likeness (QED) is 0.779. The molecule has 1 aliphatic carbocycles. The van der Waals surface area contributed by atoms with E-state index in [9.17, 15) is 5.11 Å². The summed E-state index contributed by atoms with van der Waals surface area (Å²) >= 11 is 0. The van der Waals surface area contributed by atoms with E-state index in [1.54, 1.807) is 18.5 Å². The zero-order valence-electron chi connectivity index (χ0n) is 13.3. The minimum absolute atomic E-state index is 0.271. The van der Waals surface area contributed by atoms with Gasteiger partial charge in [-0.3, -0.25) is 0 Å². The highest BCUT2D eigenvalue weighted by atomic mass is 16.5. The molecule has 24 heavy (non-hydrogen) atoms. The third-order valence-corrected chi connectivity index (χ3v) is 5.49. The van der Waals surface area contributed by atoms with Crippen LogP contribution < -0.4 is 10.1 Å². The first-order valence-corrected chi connectivity index (χ1v) is 8.36. The second-order valence-corrected chi connectivity index (χ2v) is 6.94. The smallest absolute Gasteiger partial charge is 0.146 e. The molecular formula is C19H19N3O2. The molecule has 1 unspecified atom stereocenters. The van der Waals surface area contributed by atoms with Crippen LogP contribution >= 0.6 is 0 Å². The lowest BCUT2D eigenvalue weighted by Gasteiger charge is -2.55. The minimum Gasteiger partial charge on any atom is -0.508 e. The van der Waals surface area contributed by atoms with E-state index < -0.39 is 0 Å². The largest absolute Gasteiger partial charge is 0.508 e.